The monoisotopic (exact) mass is 567 g/mol. The largest absolute Gasteiger partial charge is 0.352 e. The molecule has 0 bridgehead atoms. The predicted molar refractivity (Wildman–Crippen MR) is 138 cm³/mol. The summed E-state index contributed by atoms with van der Waals surface area (Å²) in [5.41, 5.74) is 0.587. The summed E-state index contributed by atoms with van der Waals surface area (Å²) < 4.78 is 26.0. The third-order valence-electron chi connectivity index (χ3n) is 4.81. The van der Waals surface area contributed by atoms with Gasteiger partial charge in [-0.25, -0.2) is 8.42 Å². The van der Waals surface area contributed by atoms with Crippen molar-refractivity contribution < 1.29 is 18.0 Å². The number of sulfonamides is 1. The molecule has 1 atom stereocenters. The summed E-state index contributed by atoms with van der Waals surface area (Å²) in [6.45, 7) is 4.47. The maximum atomic E-state index is 13.5. The zero-order chi connectivity index (χ0) is 25.8. The standard InChI is InChI=1S/C22H25Cl4N3O4S/c1-13(2)27-22(31)14(3)28(11-15-5-6-16(23)9-19(15)26)21(30)12-29(34(4,32)33)20-10-17(24)7-8-18(20)25/h5-10,13-14H,11-12H2,1-4H3,(H,27,31). The Morgan fingerprint density at radius 2 is 1.53 bits per heavy atom. The lowest BCUT2D eigenvalue weighted by molar-refractivity contribution is -0.139. The van der Waals surface area contributed by atoms with E-state index in [1.165, 1.54) is 29.2 Å². The average Bonchev–Trinajstić information content (AvgIpc) is 2.71. The van der Waals surface area contributed by atoms with Crippen molar-refractivity contribution in [3.05, 3.63) is 62.1 Å². The van der Waals surface area contributed by atoms with Gasteiger partial charge in [-0.2, -0.15) is 0 Å². The lowest BCUT2D eigenvalue weighted by Crippen LogP contribution is -2.52. The predicted octanol–water partition coefficient (Wildman–Crippen LogP) is 5.01. The van der Waals surface area contributed by atoms with Crippen LogP contribution in [0, 0.1) is 0 Å². The second-order valence-corrected chi connectivity index (χ2v) is 11.6. The highest BCUT2D eigenvalue weighted by molar-refractivity contribution is 7.92. The topological polar surface area (TPSA) is 86.8 Å². The van der Waals surface area contributed by atoms with Gasteiger partial charge in [0.25, 0.3) is 0 Å². The van der Waals surface area contributed by atoms with Gasteiger partial charge in [0.15, 0.2) is 0 Å². The SMILES string of the molecule is CC(C)NC(=O)C(C)N(Cc1ccc(Cl)cc1Cl)C(=O)CN(c1cc(Cl)ccc1Cl)S(C)(=O)=O. The van der Waals surface area contributed by atoms with Crippen molar-refractivity contribution in [2.45, 2.75) is 39.4 Å². The van der Waals surface area contributed by atoms with Crippen molar-refractivity contribution in [2.75, 3.05) is 17.1 Å². The van der Waals surface area contributed by atoms with Crippen LogP contribution in [0.15, 0.2) is 36.4 Å². The van der Waals surface area contributed by atoms with E-state index in [4.69, 9.17) is 46.4 Å². The van der Waals surface area contributed by atoms with Crippen LogP contribution in [0.25, 0.3) is 0 Å². The van der Waals surface area contributed by atoms with Crippen LogP contribution < -0.4 is 9.62 Å². The zero-order valence-electron chi connectivity index (χ0n) is 19.0. The first-order valence-corrected chi connectivity index (χ1v) is 13.5. The lowest BCUT2D eigenvalue weighted by atomic mass is 10.1. The molecular formula is C22H25Cl4N3O4S. The Morgan fingerprint density at radius 3 is 2.09 bits per heavy atom. The molecule has 2 rings (SSSR count). The minimum atomic E-state index is -3.94. The smallest absolute Gasteiger partial charge is 0.244 e. The Hall–Kier alpha value is -1.71. The summed E-state index contributed by atoms with van der Waals surface area (Å²) in [4.78, 5) is 27.5. The molecular weight excluding hydrogens is 544 g/mol. The second-order valence-electron chi connectivity index (χ2n) is 7.96. The van der Waals surface area contributed by atoms with E-state index in [9.17, 15) is 18.0 Å². The molecule has 0 aliphatic heterocycles. The van der Waals surface area contributed by atoms with E-state index >= 15 is 0 Å². The van der Waals surface area contributed by atoms with Crippen LogP contribution in [0.1, 0.15) is 26.3 Å². The van der Waals surface area contributed by atoms with E-state index in [0.717, 1.165) is 10.6 Å². The van der Waals surface area contributed by atoms with Crippen LogP contribution in [-0.4, -0.2) is 50.0 Å². The highest BCUT2D eigenvalue weighted by Crippen LogP contribution is 2.31. The Labute approximate surface area is 220 Å². The van der Waals surface area contributed by atoms with Crippen molar-refractivity contribution in [3.8, 4) is 0 Å². The number of halogens is 4. The fraction of sp³-hybridized carbons (Fsp3) is 0.364. The van der Waals surface area contributed by atoms with Gasteiger partial charge in [-0.15, -0.1) is 0 Å². The molecule has 12 heteroatoms. The third-order valence-corrected chi connectivity index (χ3v) is 7.08. The first-order chi connectivity index (χ1) is 15.7. The maximum absolute atomic E-state index is 13.5. The fourth-order valence-electron chi connectivity index (χ4n) is 3.09. The van der Waals surface area contributed by atoms with Gasteiger partial charge in [0.2, 0.25) is 21.8 Å². The maximum Gasteiger partial charge on any atom is 0.244 e. The van der Waals surface area contributed by atoms with Crippen LogP contribution in [-0.2, 0) is 26.2 Å². The molecule has 2 aromatic carbocycles. The Morgan fingerprint density at radius 1 is 0.941 bits per heavy atom. The number of carbonyl (C=O) groups is 2. The summed E-state index contributed by atoms with van der Waals surface area (Å²) in [6.07, 6.45) is 0.951. The van der Waals surface area contributed by atoms with Gasteiger partial charge < -0.3 is 10.2 Å². The molecule has 0 fully saturated rings. The number of hydrogen-bond acceptors (Lipinski definition) is 4. The fourth-order valence-corrected chi connectivity index (χ4v) is 4.85. The minimum Gasteiger partial charge on any atom is -0.352 e. The first-order valence-electron chi connectivity index (χ1n) is 10.2. The van der Waals surface area contributed by atoms with E-state index in [-0.39, 0.29) is 28.3 Å². The molecule has 34 heavy (non-hydrogen) atoms. The molecule has 0 radical (unpaired) electrons. The minimum absolute atomic E-state index is 0.0498. The molecule has 0 aliphatic carbocycles. The summed E-state index contributed by atoms with van der Waals surface area (Å²) in [7, 11) is -3.94. The van der Waals surface area contributed by atoms with Gasteiger partial charge in [-0.1, -0.05) is 52.5 Å². The van der Waals surface area contributed by atoms with Crippen LogP contribution >= 0.6 is 46.4 Å². The molecule has 1 N–H and O–H groups in total. The van der Waals surface area contributed by atoms with Gasteiger partial charge >= 0.3 is 0 Å². The molecule has 0 heterocycles. The number of nitrogens with zero attached hydrogens (tertiary/aromatic N) is 2. The number of rotatable bonds is 9. The van der Waals surface area contributed by atoms with Crippen LogP contribution in [0.2, 0.25) is 20.1 Å². The zero-order valence-corrected chi connectivity index (χ0v) is 22.8. The highest BCUT2D eigenvalue weighted by Gasteiger charge is 2.31. The van der Waals surface area contributed by atoms with E-state index in [1.54, 1.807) is 32.9 Å². The summed E-state index contributed by atoms with van der Waals surface area (Å²) in [5, 5.41) is 3.82. The van der Waals surface area contributed by atoms with Gasteiger partial charge in [0, 0.05) is 27.7 Å². The van der Waals surface area contributed by atoms with Gasteiger partial charge in [-0.3, -0.25) is 13.9 Å². The number of anilines is 1. The van der Waals surface area contributed by atoms with E-state index in [2.05, 4.69) is 5.32 Å². The number of carbonyl (C=O) groups excluding carboxylic acids is 2. The van der Waals surface area contributed by atoms with Crippen molar-refractivity contribution >= 4 is 73.9 Å². The van der Waals surface area contributed by atoms with Gasteiger partial charge in [0.1, 0.15) is 12.6 Å². The molecule has 2 amide bonds. The Bertz CT molecular complexity index is 1170. The van der Waals surface area contributed by atoms with Crippen LogP contribution in [0.3, 0.4) is 0 Å². The Balaban J connectivity index is 2.47. The van der Waals surface area contributed by atoms with Crippen molar-refractivity contribution in [1.29, 1.82) is 0 Å². The number of benzene rings is 2. The molecule has 0 aliphatic rings. The van der Waals surface area contributed by atoms with Gasteiger partial charge in [-0.05, 0) is 56.7 Å². The number of nitrogens with one attached hydrogen (secondary N) is 1. The van der Waals surface area contributed by atoms with Crippen molar-refractivity contribution in [1.82, 2.24) is 10.2 Å². The third kappa shape index (κ3) is 7.65. The summed E-state index contributed by atoms with van der Waals surface area (Å²) >= 11 is 24.5. The number of hydrogen-bond donors (Lipinski definition) is 1. The van der Waals surface area contributed by atoms with E-state index in [0.29, 0.717) is 15.6 Å². The quantitative estimate of drug-likeness (QED) is 0.461. The van der Waals surface area contributed by atoms with Crippen LogP contribution in [0.5, 0.6) is 0 Å². The van der Waals surface area contributed by atoms with E-state index in [1.807, 2.05) is 0 Å². The van der Waals surface area contributed by atoms with Crippen molar-refractivity contribution in [3.63, 3.8) is 0 Å². The molecule has 0 saturated heterocycles. The molecule has 0 aromatic heterocycles. The number of amides is 2. The summed E-state index contributed by atoms with van der Waals surface area (Å²) in [5.74, 6) is -1.04. The second kappa shape index (κ2) is 11.8. The molecule has 7 nitrogen and oxygen atoms in total. The Kier molecular flexibility index (Phi) is 9.91. The molecule has 1 unspecified atom stereocenters. The summed E-state index contributed by atoms with van der Waals surface area (Å²) in [6, 6.07) is 7.97. The first kappa shape index (κ1) is 28.5. The van der Waals surface area contributed by atoms with E-state index < -0.39 is 34.4 Å². The molecule has 2 aromatic rings. The molecule has 0 spiro atoms. The van der Waals surface area contributed by atoms with Crippen molar-refractivity contribution in [2.24, 2.45) is 0 Å². The lowest BCUT2D eigenvalue weighted by Gasteiger charge is -2.32. The van der Waals surface area contributed by atoms with Gasteiger partial charge in [0.05, 0.1) is 17.0 Å². The molecule has 186 valence electrons. The molecule has 0 saturated carbocycles. The average molecular weight is 569 g/mol. The highest BCUT2D eigenvalue weighted by atomic mass is 35.5. The normalized spacial score (nSPS) is 12.4. The van der Waals surface area contributed by atoms with Crippen LogP contribution in [0.4, 0.5) is 5.69 Å².